The summed E-state index contributed by atoms with van der Waals surface area (Å²) in [5.74, 6) is -1.37. The molecule has 3 saturated heterocycles. The van der Waals surface area contributed by atoms with Crippen molar-refractivity contribution in [1.29, 1.82) is 0 Å². The number of ether oxygens (including phenoxy) is 4. The highest BCUT2D eigenvalue weighted by Crippen LogP contribution is 2.42. The Labute approximate surface area is 223 Å². The van der Waals surface area contributed by atoms with E-state index in [4.69, 9.17) is 18.9 Å². The Morgan fingerprint density at radius 3 is 2.51 bits per heavy atom. The molecule has 0 bridgehead atoms. The molecule has 1 unspecified atom stereocenters. The number of nitrogens with zero attached hydrogens (tertiary/aromatic N) is 2. The van der Waals surface area contributed by atoms with Crippen LogP contribution < -0.4 is 4.90 Å². The molecule has 9 nitrogen and oxygen atoms in total. The summed E-state index contributed by atoms with van der Waals surface area (Å²) < 4.78 is 24.9. The van der Waals surface area contributed by atoms with Crippen LogP contribution in [0.15, 0.2) is 53.0 Å². The second-order valence-corrected chi connectivity index (χ2v) is 10.8. The predicted molar refractivity (Wildman–Crippen MR) is 137 cm³/mol. The zero-order chi connectivity index (χ0) is 26.5. The quantitative estimate of drug-likeness (QED) is 0.477. The Morgan fingerprint density at radius 2 is 1.84 bits per heavy atom. The topological polar surface area (TPSA) is 94.6 Å². The Morgan fingerprint density at radius 1 is 1.11 bits per heavy atom. The van der Waals surface area contributed by atoms with E-state index in [0.717, 1.165) is 14.9 Å². The number of methoxy groups -OCH3 is 1. The maximum absolute atomic E-state index is 14.0. The van der Waals surface area contributed by atoms with Crippen LogP contribution >= 0.6 is 15.9 Å². The number of urea groups is 1. The van der Waals surface area contributed by atoms with E-state index in [-0.39, 0.29) is 24.7 Å². The summed E-state index contributed by atoms with van der Waals surface area (Å²) in [4.78, 5) is 42.2. The lowest BCUT2D eigenvalue weighted by molar-refractivity contribution is -0.223. The minimum atomic E-state index is -0.828. The molecule has 3 aliphatic heterocycles. The Kier molecular flexibility index (Phi) is 6.97. The van der Waals surface area contributed by atoms with E-state index < -0.39 is 42.5 Å². The molecule has 0 saturated carbocycles. The molecular weight excluding hydrogens is 544 g/mol. The molecule has 3 heterocycles. The minimum absolute atomic E-state index is 0.0000728. The summed E-state index contributed by atoms with van der Waals surface area (Å²) >= 11 is 3.44. The number of hydrogen-bond acceptors (Lipinski definition) is 7. The lowest BCUT2D eigenvalue weighted by atomic mass is 9.95. The van der Waals surface area contributed by atoms with Gasteiger partial charge in [0.15, 0.2) is 17.9 Å². The summed E-state index contributed by atoms with van der Waals surface area (Å²) in [6.45, 7) is 5.29. The van der Waals surface area contributed by atoms with E-state index >= 15 is 0 Å². The highest BCUT2D eigenvalue weighted by Gasteiger charge is 2.59. The van der Waals surface area contributed by atoms with Gasteiger partial charge in [-0.1, -0.05) is 40.2 Å². The molecule has 3 fully saturated rings. The van der Waals surface area contributed by atoms with Gasteiger partial charge in [0.1, 0.15) is 18.3 Å². The van der Waals surface area contributed by atoms with Crippen molar-refractivity contribution in [2.45, 2.75) is 70.2 Å². The molecule has 3 aliphatic rings. The number of anilines is 1. The Balaban J connectivity index is 1.50. The van der Waals surface area contributed by atoms with Crippen molar-refractivity contribution in [1.82, 2.24) is 4.90 Å². The van der Waals surface area contributed by atoms with Crippen molar-refractivity contribution >= 4 is 39.3 Å². The molecule has 0 spiro atoms. The minimum Gasteiger partial charge on any atom is -0.376 e. The Bertz CT molecular complexity index is 1220. The van der Waals surface area contributed by atoms with Crippen molar-refractivity contribution in [3.05, 3.63) is 64.1 Å². The average Bonchev–Trinajstić information content (AvgIpc) is 3.33. The first-order valence-electron chi connectivity index (χ1n) is 12.1. The van der Waals surface area contributed by atoms with Gasteiger partial charge in [-0.2, -0.15) is 0 Å². The lowest BCUT2D eigenvalue weighted by Crippen LogP contribution is -2.62. The number of benzene rings is 2. The van der Waals surface area contributed by atoms with Crippen LogP contribution in [0.2, 0.25) is 0 Å². The van der Waals surface area contributed by atoms with Gasteiger partial charge in [-0.3, -0.25) is 9.59 Å². The summed E-state index contributed by atoms with van der Waals surface area (Å²) in [5, 5.41) is 0. The van der Waals surface area contributed by atoms with Crippen LogP contribution in [0.4, 0.5) is 10.5 Å². The van der Waals surface area contributed by atoms with Gasteiger partial charge in [-0.05, 0) is 50.6 Å². The molecule has 3 amide bonds. The van der Waals surface area contributed by atoms with Crippen molar-refractivity contribution in [3.8, 4) is 0 Å². The Hall–Kier alpha value is -2.63. The number of hydrogen-bond donors (Lipinski definition) is 0. The zero-order valence-electron chi connectivity index (χ0n) is 21.0. The first-order valence-corrected chi connectivity index (χ1v) is 12.9. The molecule has 5 rings (SSSR count). The standard InChI is InChI=1S/C27H29BrN2O7/c1-15(31)17-6-5-7-19(12-17)30-21(32)13-20(29(26(30)33)14-16-8-10-18(28)11-9-16)22-23(34-4)24-25(35-22)37-27(2,3)36-24/h5-12,20,22-25H,13-14H2,1-4H3/t20?,22-,23+,24-,25-/m1/s1. The molecular formula is C27H29BrN2O7. The third kappa shape index (κ3) is 4.96. The largest absolute Gasteiger partial charge is 0.376 e. The van der Waals surface area contributed by atoms with Gasteiger partial charge in [0, 0.05) is 23.7 Å². The van der Waals surface area contributed by atoms with Crippen molar-refractivity contribution < 1.29 is 33.3 Å². The second-order valence-electron chi connectivity index (χ2n) is 9.91. The zero-order valence-corrected chi connectivity index (χ0v) is 22.6. The number of carbonyl (C=O) groups is 3. The molecule has 0 aromatic heterocycles. The number of imide groups is 1. The summed E-state index contributed by atoms with van der Waals surface area (Å²) in [7, 11) is 1.56. The summed E-state index contributed by atoms with van der Waals surface area (Å²) in [5.41, 5.74) is 1.65. The number of ketones is 1. The molecule has 2 aromatic rings. The fraction of sp³-hybridized carbons (Fsp3) is 0.444. The molecule has 37 heavy (non-hydrogen) atoms. The normalized spacial score (nSPS) is 29.1. The smallest absolute Gasteiger partial charge is 0.332 e. The van der Waals surface area contributed by atoms with Crippen LogP contribution in [0.1, 0.15) is 43.1 Å². The number of amides is 3. The van der Waals surface area contributed by atoms with E-state index in [9.17, 15) is 14.4 Å². The second kappa shape index (κ2) is 9.92. The molecule has 0 aliphatic carbocycles. The van der Waals surface area contributed by atoms with E-state index in [0.29, 0.717) is 11.3 Å². The van der Waals surface area contributed by atoms with Crippen LogP contribution in [-0.2, 0) is 30.3 Å². The first kappa shape index (κ1) is 26.0. The molecule has 0 radical (unpaired) electrons. The van der Waals surface area contributed by atoms with Crippen LogP contribution in [0.5, 0.6) is 0 Å². The summed E-state index contributed by atoms with van der Waals surface area (Å²) in [6, 6.07) is 13.0. The lowest BCUT2D eigenvalue weighted by Gasteiger charge is -2.43. The van der Waals surface area contributed by atoms with Gasteiger partial charge < -0.3 is 23.8 Å². The third-order valence-corrected chi connectivity index (χ3v) is 7.45. The summed E-state index contributed by atoms with van der Waals surface area (Å²) in [6.07, 6.45) is -2.35. The van der Waals surface area contributed by atoms with Gasteiger partial charge in [-0.15, -0.1) is 0 Å². The van der Waals surface area contributed by atoms with Crippen molar-refractivity contribution in [2.75, 3.05) is 12.0 Å². The highest BCUT2D eigenvalue weighted by molar-refractivity contribution is 9.10. The molecule has 196 valence electrons. The van der Waals surface area contributed by atoms with Crippen LogP contribution in [0.3, 0.4) is 0 Å². The number of Topliss-reactive ketones (excluding diaryl/α,β-unsaturated/α-hetero) is 1. The van der Waals surface area contributed by atoms with E-state index in [1.807, 2.05) is 24.3 Å². The fourth-order valence-corrected chi connectivity index (χ4v) is 5.49. The average molecular weight is 573 g/mol. The van der Waals surface area contributed by atoms with E-state index in [1.54, 1.807) is 50.1 Å². The van der Waals surface area contributed by atoms with E-state index in [1.165, 1.54) is 6.92 Å². The molecule has 5 atom stereocenters. The fourth-order valence-electron chi connectivity index (χ4n) is 5.22. The maximum atomic E-state index is 14.0. The van der Waals surface area contributed by atoms with Gasteiger partial charge in [-0.25, -0.2) is 9.69 Å². The van der Waals surface area contributed by atoms with Crippen molar-refractivity contribution in [2.24, 2.45) is 0 Å². The number of fused-ring (bicyclic) bond motifs is 1. The predicted octanol–water partition coefficient (Wildman–Crippen LogP) is 4.27. The van der Waals surface area contributed by atoms with E-state index in [2.05, 4.69) is 15.9 Å². The number of halogens is 1. The molecule has 10 heteroatoms. The van der Waals surface area contributed by atoms with Crippen LogP contribution in [-0.4, -0.2) is 66.2 Å². The molecule has 0 N–H and O–H groups in total. The van der Waals surface area contributed by atoms with Gasteiger partial charge in [0.2, 0.25) is 5.91 Å². The van der Waals surface area contributed by atoms with Crippen LogP contribution in [0.25, 0.3) is 0 Å². The number of rotatable bonds is 6. The van der Waals surface area contributed by atoms with Gasteiger partial charge >= 0.3 is 6.03 Å². The maximum Gasteiger partial charge on any atom is 0.332 e. The first-order chi connectivity index (χ1) is 17.6. The number of carbonyl (C=O) groups excluding carboxylic acids is 3. The van der Waals surface area contributed by atoms with Gasteiger partial charge in [0.05, 0.1) is 18.2 Å². The molecule has 2 aromatic carbocycles. The monoisotopic (exact) mass is 572 g/mol. The third-order valence-electron chi connectivity index (χ3n) is 6.93. The van der Waals surface area contributed by atoms with Gasteiger partial charge in [0.25, 0.3) is 0 Å². The highest BCUT2D eigenvalue weighted by atomic mass is 79.9. The van der Waals surface area contributed by atoms with Crippen LogP contribution in [0, 0.1) is 0 Å². The van der Waals surface area contributed by atoms with Crippen molar-refractivity contribution in [3.63, 3.8) is 0 Å². The SMILES string of the molecule is CO[C@@H]1[C@H]2OC(C)(C)O[C@H]2O[C@@H]1C1CC(=O)N(c2cccc(C(C)=O)c2)C(=O)N1Cc1ccc(Br)cc1.